The van der Waals surface area contributed by atoms with Gasteiger partial charge in [0.1, 0.15) is 0 Å². The topological polar surface area (TPSA) is 0 Å². The lowest BCUT2D eigenvalue weighted by molar-refractivity contribution is -0.140. The smallest absolute Gasteiger partial charge is 0.166 e. The van der Waals surface area contributed by atoms with Gasteiger partial charge in [0.15, 0.2) is 0 Å². The Labute approximate surface area is 99.9 Å². The second kappa shape index (κ2) is 4.97. The van der Waals surface area contributed by atoms with Crippen LogP contribution in [0.4, 0.5) is 30.2 Å². The summed E-state index contributed by atoms with van der Waals surface area (Å²) in [5, 5.41) is 0. The first-order chi connectivity index (χ1) is 7.65. The summed E-state index contributed by atoms with van der Waals surface area (Å²) in [4.78, 5) is -1.87. The van der Waals surface area contributed by atoms with Crippen molar-refractivity contribution in [1.29, 1.82) is 0 Å². The van der Waals surface area contributed by atoms with E-state index in [-0.39, 0.29) is 0 Å². The van der Waals surface area contributed by atoms with Crippen molar-refractivity contribution in [3.8, 4) is 0 Å². The van der Waals surface area contributed by atoms with Gasteiger partial charge in [0.25, 0.3) is 0 Å². The summed E-state index contributed by atoms with van der Waals surface area (Å²) in [5.74, 6) is 0. The zero-order chi connectivity index (χ0) is 13.3. The molecule has 0 atom stereocenters. The van der Waals surface area contributed by atoms with E-state index in [0.717, 1.165) is 12.1 Å². The highest BCUT2D eigenvalue weighted by Crippen LogP contribution is 2.47. The standard InChI is InChI=1S/C8H3F7S2/c9-7(10,11)4-2-1-3-5(17-15)6(4)16-8(12,13)14/h1-3H. The highest BCUT2D eigenvalue weighted by Gasteiger charge is 2.39. The van der Waals surface area contributed by atoms with E-state index in [1.807, 2.05) is 0 Å². The average molecular weight is 296 g/mol. The Kier molecular flexibility index (Phi) is 4.23. The van der Waals surface area contributed by atoms with Gasteiger partial charge in [-0.05, 0) is 23.9 Å². The molecule has 0 fully saturated rings. The molecule has 0 nitrogen and oxygen atoms in total. The van der Waals surface area contributed by atoms with Gasteiger partial charge >= 0.3 is 11.7 Å². The molecule has 0 saturated carbocycles. The Bertz CT molecular complexity index is 396. The Balaban J connectivity index is 3.31. The van der Waals surface area contributed by atoms with Crippen LogP contribution in [0.5, 0.6) is 0 Å². The van der Waals surface area contributed by atoms with Crippen LogP contribution in [-0.2, 0) is 6.18 Å². The molecule has 0 radical (unpaired) electrons. The van der Waals surface area contributed by atoms with Crippen LogP contribution in [0.2, 0.25) is 0 Å². The summed E-state index contributed by atoms with van der Waals surface area (Å²) < 4.78 is 85.8. The Morgan fingerprint density at radius 3 is 1.94 bits per heavy atom. The molecule has 0 bridgehead atoms. The van der Waals surface area contributed by atoms with E-state index in [1.54, 1.807) is 0 Å². The molecule has 0 saturated heterocycles. The van der Waals surface area contributed by atoms with Crippen molar-refractivity contribution in [3.05, 3.63) is 23.8 Å². The average Bonchev–Trinajstić information content (AvgIpc) is 2.13. The predicted molar refractivity (Wildman–Crippen MR) is 50.3 cm³/mol. The normalized spacial score (nSPS) is 12.9. The molecular weight excluding hydrogens is 293 g/mol. The van der Waals surface area contributed by atoms with E-state index in [2.05, 4.69) is 0 Å². The van der Waals surface area contributed by atoms with Crippen LogP contribution in [0.1, 0.15) is 5.56 Å². The molecule has 0 aliphatic carbocycles. The first-order valence-corrected chi connectivity index (χ1v) is 5.43. The molecule has 0 N–H and O–H groups in total. The molecule has 0 amide bonds. The van der Waals surface area contributed by atoms with Crippen LogP contribution in [0.3, 0.4) is 0 Å². The number of thioether (sulfide) groups is 1. The first kappa shape index (κ1) is 14.5. The zero-order valence-electron chi connectivity index (χ0n) is 7.69. The van der Waals surface area contributed by atoms with E-state index in [1.165, 1.54) is 0 Å². The van der Waals surface area contributed by atoms with Gasteiger partial charge in [0.2, 0.25) is 0 Å². The second-order valence-corrected chi connectivity index (χ2v) is 4.42. The van der Waals surface area contributed by atoms with Crippen LogP contribution in [0.25, 0.3) is 0 Å². The van der Waals surface area contributed by atoms with Crippen molar-refractivity contribution in [1.82, 2.24) is 0 Å². The summed E-state index contributed by atoms with van der Waals surface area (Å²) in [6.45, 7) is 0. The fourth-order valence-electron chi connectivity index (χ4n) is 1.02. The number of alkyl halides is 6. The maximum Gasteiger partial charge on any atom is 0.446 e. The SMILES string of the molecule is FSc1cccc(C(F)(F)F)c1SC(F)(F)F. The van der Waals surface area contributed by atoms with E-state index >= 15 is 0 Å². The number of rotatable bonds is 2. The summed E-state index contributed by atoms with van der Waals surface area (Å²) in [5.41, 5.74) is -6.41. The molecule has 1 aromatic rings. The number of halogens is 7. The zero-order valence-corrected chi connectivity index (χ0v) is 9.33. The third-order valence-corrected chi connectivity index (χ3v) is 3.10. The van der Waals surface area contributed by atoms with E-state index in [9.17, 15) is 30.2 Å². The maximum atomic E-state index is 12.4. The monoisotopic (exact) mass is 296 g/mol. The Hall–Kier alpha value is -0.570. The van der Waals surface area contributed by atoms with Crippen molar-refractivity contribution >= 4 is 23.9 Å². The molecule has 17 heavy (non-hydrogen) atoms. The molecule has 0 aliphatic rings. The minimum Gasteiger partial charge on any atom is -0.166 e. The quantitative estimate of drug-likeness (QED) is 0.537. The lowest BCUT2D eigenvalue weighted by Gasteiger charge is -2.15. The number of benzene rings is 1. The number of hydrogen-bond donors (Lipinski definition) is 0. The largest absolute Gasteiger partial charge is 0.446 e. The van der Waals surface area contributed by atoms with E-state index in [0.29, 0.717) is 6.07 Å². The van der Waals surface area contributed by atoms with Crippen LogP contribution >= 0.6 is 23.9 Å². The third kappa shape index (κ3) is 3.98. The van der Waals surface area contributed by atoms with Crippen molar-refractivity contribution in [2.75, 3.05) is 0 Å². The minimum atomic E-state index is -4.96. The van der Waals surface area contributed by atoms with Crippen LogP contribution in [-0.4, -0.2) is 5.51 Å². The summed E-state index contributed by atoms with van der Waals surface area (Å²) in [6.07, 6.45) is -4.96. The summed E-state index contributed by atoms with van der Waals surface area (Å²) in [6, 6.07) is 2.19. The fourth-order valence-corrected chi connectivity index (χ4v) is 2.24. The van der Waals surface area contributed by atoms with Crippen molar-refractivity contribution in [3.63, 3.8) is 0 Å². The molecule has 0 aromatic heterocycles. The molecule has 9 heteroatoms. The van der Waals surface area contributed by atoms with E-state index in [4.69, 9.17) is 0 Å². The molecule has 0 heterocycles. The maximum absolute atomic E-state index is 12.4. The molecule has 0 spiro atoms. The lowest BCUT2D eigenvalue weighted by atomic mass is 10.2. The Morgan fingerprint density at radius 1 is 0.941 bits per heavy atom. The van der Waals surface area contributed by atoms with Crippen molar-refractivity contribution < 1.29 is 30.2 Å². The molecule has 96 valence electrons. The van der Waals surface area contributed by atoms with Gasteiger partial charge in [-0.3, -0.25) is 0 Å². The predicted octanol–water partition coefficient (Wildman–Crippen LogP) is 5.29. The van der Waals surface area contributed by atoms with Crippen LogP contribution in [0, 0.1) is 0 Å². The minimum absolute atomic E-state index is 0.480. The van der Waals surface area contributed by atoms with Gasteiger partial charge in [0, 0.05) is 4.90 Å². The molecular formula is C8H3F7S2. The van der Waals surface area contributed by atoms with Gasteiger partial charge in [-0.2, -0.15) is 30.2 Å². The molecule has 0 unspecified atom stereocenters. The number of hydrogen-bond acceptors (Lipinski definition) is 2. The first-order valence-electron chi connectivity index (χ1n) is 3.89. The molecule has 1 rings (SSSR count). The Morgan fingerprint density at radius 2 is 1.53 bits per heavy atom. The van der Waals surface area contributed by atoms with E-state index < -0.39 is 50.9 Å². The van der Waals surface area contributed by atoms with Crippen molar-refractivity contribution in [2.24, 2.45) is 0 Å². The fraction of sp³-hybridized carbons (Fsp3) is 0.250. The highest BCUT2D eigenvalue weighted by molar-refractivity contribution is 8.01. The third-order valence-electron chi connectivity index (χ3n) is 1.59. The van der Waals surface area contributed by atoms with Gasteiger partial charge in [-0.15, -0.1) is 0 Å². The summed E-state index contributed by atoms with van der Waals surface area (Å²) >= 11 is -1.63. The van der Waals surface area contributed by atoms with Gasteiger partial charge < -0.3 is 0 Å². The van der Waals surface area contributed by atoms with Crippen molar-refractivity contribution in [2.45, 2.75) is 21.5 Å². The van der Waals surface area contributed by atoms with Gasteiger partial charge in [0.05, 0.1) is 22.6 Å². The van der Waals surface area contributed by atoms with Gasteiger partial charge in [-0.25, -0.2) is 0 Å². The second-order valence-electron chi connectivity index (χ2n) is 2.76. The molecule has 0 aliphatic heterocycles. The van der Waals surface area contributed by atoms with Gasteiger partial charge in [-0.1, -0.05) is 6.07 Å². The highest BCUT2D eigenvalue weighted by atomic mass is 32.2. The molecule has 1 aromatic carbocycles. The summed E-state index contributed by atoms with van der Waals surface area (Å²) in [7, 11) is 0. The lowest BCUT2D eigenvalue weighted by Crippen LogP contribution is -2.10. The van der Waals surface area contributed by atoms with Crippen LogP contribution in [0.15, 0.2) is 28.0 Å². The van der Waals surface area contributed by atoms with Crippen LogP contribution < -0.4 is 0 Å².